The molecule has 2 N–H and O–H groups in total. The number of amides is 2. The first-order chi connectivity index (χ1) is 13.0. The Bertz CT molecular complexity index is 997. The summed E-state index contributed by atoms with van der Waals surface area (Å²) in [6.07, 6.45) is 2.62. The van der Waals surface area contributed by atoms with Crippen LogP contribution in [0, 0.1) is 6.92 Å². The first kappa shape index (κ1) is 17.8. The van der Waals surface area contributed by atoms with Crippen molar-refractivity contribution in [2.45, 2.75) is 19.4 Å². The highest BCUT2D eigenvalue weighted by Crippen LogP contribution is 2.30. The number of aryl methyl sites for hydroxylation is 1. The van der Waals surface area contributed by atoms with Crippen LogP contribution in [0.2, 0.25) is 5.02 Å². The second-order valence-electron chi connectivity index (χ2n) is 6.72. The van der Waals surface area contributed by atoms with Crippen molar-refractivity contribution in [1.29, 1.82) is 0 Å². The summed E-state index contributed by atoms with van der Waals surface area (Å²) in [5, 5.41) is 3.46. The average Bonchev–Trinajstić information content (AvgIpc) is 3.31. The van der Waals surface area contributed by atoms with Crippen LogP contribution in [0.25, 0.3) is 22.6 Å². The number of aromatic nitrogens is 3. The number of carbonyl (C=O) groups excluding carboxylic acids is 1. The zero-order chi connectivity index (χ0) is 19.0. The quantitative estimate of drug-likeness (QED) is 0.717. The summed E-state index contributed by atoms with van der Waals surface area (Å²) in [6.45, 7) is 3.23. The highest BCUT2D eigenvalue weighted by atomic mass is 35.5. The van der Waals surface area contributed by atoms with E-state index in [1.165, 1.54) is 0 Å². The Morgan fingerprint density at radius 2 is 2.26 bits per heavy atom. The number of hydrogen-bond acceptors (Lipinski definition) is 4. The molecule has 0 aliphatic carbocycles. The van der Waals surface area contributed by atoms with Crippen molar-refractivity contribution in [3.05, 3.63) is 41.0 Å². The van der Waals surface area contributed by atoms with Gasteiger partial charge in [0.05, 0.1) is 23.2 Å². The maximum absolute atomic E-state index is 12.5. The maximum Gasteiger partial charge on any atom is 0.321 e. The first-order valence-corrected chi connectivity index (χ1v) is 9.13. The van der Waals surface area contributed by atoms with Gasteiger partial charge in [-0.3, -0.25) is 0 Å². The number of imidazole rings is 1. The van der Waals surface area contributed by atoms with Crippen LogP contribution in [0.1, 0.15) is 12.0 Å². The summed E-state index contributed by atoms with van der Waals surface area (Å²) in [7, 11) is 1.78. The predicted octanol–water partition coefficient (Wildman–Crippen LogP) is 3.84. The number of nitrogens with zero attached hydrogens (tertiary/aromatic N) is 3. The van der Waals surface area contributed by atoms with Crippen molar-refractivity contribution in [2.24, 2.45) is 0 Å². The van der Waals surface area contributed by atoms with Crippen LogP contribution in [0.3, 0.4) is 0 Å². The van der Waals surface area contributed by atoms with E-state index in [9.17, 15) is 4.79 Å². The fourth-order valence-corrected chi connectivity index (χ4v) is 3.33. The summed E-state index contributed by atoms with van der Waals surface area (Å²) in [6, 6.07) is 7.23. The lowest BCUT2D eigenvalue weighted by Crippen LogP contribution is -2.40. The summed E-state index contributed by atoms with van der Waals surface area (Å²) >= 11 is 6.37. The molecule has 0 radical (unpaired) electrons. The number of fused-ring (bicyclic) bond motifs is 1. The lowest BCUT2D eigenvalue weighted by atomic mass is 10.2. The van der Waals surface area contributed by atoms with Crippen molar-refractivity contribution >= 4 is 34.5 Å². The molecule has 140 valence electrons. The maximum atomic E-state index is 12.5. The molecule has 1 aromatic carbocycles. The van der Waals surface area contributed by atoms with Crippen molar-refractivity contribution in [2.75, 3.05) is 25.6 Å². The Labute approximate surface area is 161 Å². The van der Waals surface area contributed by atoms with Crippen LogP contribution in [0.5, 0.6) is 0 Å². The number of hydrogen-bond donors (Lipinski definition) is 2. The van der Waals surface area contributed by atoms with Gasteiger partial charge in [-0.25, -0.2) is 14.8 Å². The van der Waals surface area contributed by atoms with Crippen LogP contribution in [-0.2, 0) is 4.74 Å². The lowest BCUT2D eigenvalue weighted by molar-refractivity contribution is 0.164. The summed E-state index contributed by atoms with van der Waals surface area (Å²) < 4.78 is 5.35. The summed E-state index contributed by atoms with van der Waals surface area (Å²) in [5.74, 6) is 0.613. The molecule has 2 aromatic heterocycles. The predicted molar refractivity (Wildman–Crippen MR) is 105 cm³/mol. The van der Waals surface area contributed by atoms with Crippen LogP contribution in [-0.4, -0.2) is 52.2 Å². The fourth-order valence-electron chi connectivity index (χ4n) is 3.12. The van der Waals surface area contributed by atoms with Gasteiger partial charge in [-0.05, 0) is 43.2 Å². The Hall–Kier alpha value is -2.64. The van der Waals surface area contributed by atoms with Gasteiger partial charge in [-0.2, -0.15) is 0 Å². The highest BCUT2D eigenvalue weighted by Gasteiger charge is 2.24. The van der Waals surface area contributed by atoms with E-state index < -0.39 is 0 Å². The number of benzene rings is 1. The van der Waals surface area contributed by atoms with Crippen molar-refractivity contribution in [3.63, 3.8) is 0 Å². The van der Waals surface area contributed by atoms with Crippen LogP contribution in [0.15, 0.2) is 30.5 Å². The Balaban J connectivity index is 1.59. The number of anilines is 1. The van der Waals surface area contributed by atoms with Crippen LogP contribution >= 0.6 is 11.6 Å². The lowest BCUT2D eigenvalue weighted by Gasteiger charge is -2.23. The van der Waals surface area contributed by atoms with Crippen molar-refractivity contribution in [1.82, 2.24) is 19.9 Å². The van der Waals surface area contributed by atoms with Gasteiger partial charge in [0.1, 0.15) is 5.82 Å². The van der Waals surface area contributed by atoms with Crippen LogP contribution in [0.4, 0.5) is 10.5 Å². The molecule has 7 nitrogen and oxygen atoms in total. The molecule has 0 bridgehead atoms. The van der Waals surface area contributed by atoms with Crippen LogP contribution < -0.4 is 5.32 Å². The normalized spacial score (nSPS) is 16.6. The number of ether oxygens (including phenoxy) is 1. The molecule has 1 fully saturated rings. The molecule has 27 heavy (non-hydrogen) atoms. The third kappa shape index (κ3) is 3.61. The van der Waals surface area contributed by atoms with Crippen molar-refractivity contribution in [3.8, 4) is 11.4 Å². The van der Waals surface area contributed by atoms with Gasteiger partial charge in [0, 0.05) is 31.1 Å². The van der Waals surface area contributed by atoms with E-state index in [4.69, 9.17) is 16.3 Å². The molecule has 1 atom stereocenters. The van der Waals surface area contributed by atoms with Crippen molar-refractivity contribution < 1.29 is 9.53 Å². The second-order valence-corrected chi connectivity index (χ2v) is 7.13. The molecule has 1 saturated heterocycles. The van der Waals surface area contributed by atoms with E-state index >= 15 is 0 Å². The fraction of sp³-hybridized carbons (Fsp3) is 0.316. The SMILES string of the molecule is Cc1cnc2nc(-c3cc(NC(=O)N(C)C4CCOC4)ccc3Cl)[nH]c2c1. The summed E-state index contributed by atoms with van der Waals surface area (Å²) in [4.78, 5) is 26.3. The number of likely N-dealkylation sites (N-methyl/N-ethyl adjacent to an activating group) is 1. The standard InChI is InChI=1S/C19H20ClN5O2/c1-11-7-16-18(21-9-11)24-17(23-16)14-8-12(3-4-15(14)20)22-19(26)25(2)13-5-6-27-10-13/h3-4,7-9,13H,5-6,10H2,1-2H3,(H,22,26)(H,21,23,24). The Kier molecular flexibility index (Phi) is 4.72. The molecular formula is C19H20ClN5O2. The molecule has 2 amide bonds. The largest absolute Gasteiger partial charge is 0.379 e. The third-order valence-electron chi connectivity index (χ3n) is 4.72. The first-order valence-electron chi connectivity index (χ1n) is 8.75. The molecule has 3 aromatic rings. The van der Waals surface area contributed by atoms with E-state index in [-0.39, 0.29) is 12.1 Å². The molecule has 3 heterocycles. The molecule has 1 aliphatic heterocycles. The number of rotatable bonds is 3. The average molecular weight is 386 g/mol. The molecular weight excluding hydrogens is 366 g/mol. The molecule has 4 rings (SSSR count). The minimum Gasteiger partial charge on any atom is -0.379 e. The van der Waals surface area contributed by atoms with E-state index in [2.05, 4.69) is 20.3 Å². The minimum atomic E-state index is -0.180. The van der Waals surface area contributed by atoms with Gasteiger partial charge in [-0.15, -0.1) is 0 Å². The summed E-state index contributed by atoms with van der Waals surface area (Å²) in [5.41, 5.74) is 3.87. The molecule has 0 spiro atoms. The van der Waals surface area contributed by atoms with Gasteiger partial charge in [0.25, 0.3) is 0 Å². The van der Waals surface area contributed by atoms with Gasteiger partial charge >= 0.3 is 6.03 Å². The number of pyridine rings is 1. The number of carbonyl (C=O) groups is 1. The zero-order valence-electron chi connectivity index (χ0n) is 15.1. The van der Waals surface area contributed by atoms with E-state index in [1.54, 1.807) is 30.3 Å². The number of aromatic amines is 1. The highest BCUT2D eigenvalue weighted by molar-refractivity contribution is 6.33. The second kappa shape index (κ2) is 7.17. The number of urea groups is 1. The van der Waals surface area contributed by atoms with Gasteiger partial charge in [0.15, 0.2) is 5.65 Å². The van der Waals surface area contributed by atoms with E-state index in [1.807, 2.05) is 19.1 Å². The van der Waals surface area contributed by atoms with Gasteiger partial charge in [-0.1, -0.05) is 11.6 Å². The molecule has 0 saturated carbocycles. The molecule has 1 aliphatic rings. The van der Waals surface area contributed by atoms with E-state index in [0.29, 0.717) is 41.0 Å². The number of nitrogens with one attached hydrogen (secondary N) is 2. The topological polar surface area (TPSA) is 83.1 Å². The Morgan fingerprint density at radius 1 is 1.41 bits per heavy atom. The third-order valence-corrected chi connectivity index (χ3v) is 5.05. The number of halogens is 1. The van der Waals surface area contributed by atoms with E-state index in [0.717, 1.165) is 17.5 Å². The van der Waals surface area contributed by atoms with Gasteiger partial charge in [0.2, 0.25) is 0 Å². The smallest absolute Gasteiger partial charge is 0.321 e. The minimum absolute atomic E-state index is 0.0986. The number of H-pyrrole nitrogens is 1. The zero-order valence-corrected chi connectivity index (χ0v) is 15.9. The van der Waals surface area contributed by atoms with Gasteiger partial charge < -0.3 is 19.9 Å². The Morgan fingerprint density at radius 3 is 3.04 bits per heavy atom. The monoisotopic (exact) mass is 385 g/mol. The molecule has 8 heteroatoms. The molecule has 1 unspecified atom stereocenters.